The lowest BCUT2D eigenvalue weighted by molar-refractivity contribution is 0.0701. The molecule has 116 valence electrons. The molecule has 2 fully saturated rings. The van der Waals surface area contributed by atoms with E-state index < -0.39 is 16.0 Å². The minimum Gasteiger partial charge on any atom is -0.477 e. The number of carboxylic acids is 1. The standard InChI is InChI=1S/C14H19NO4S2/c16-13(17)12-10(3-7-20-12)9-21(18,19)15-11-2-1-4-14(8-11)5-6-14/h3,7,11,15H,1-2,4-6,8-9H2,(H,16,17). The average Bonchev–Trinajstić information content (AvgIpc) is 2.95. The van der Waals surface area contributed by atoms with Crippen LogP contribution in [-0.4, -0.2) is 25.5 Å². The third kappa shape index (κ3) is 3.46. The molecule has 0 amide bonds. The first kappa shape index (κ1) is 15.0. The van der Waals surface area contributed by atoms with Crippen LogP contribution in [0.15, 0.2) is 11.4 Å². The summed E-state index contributed by atoms with van der Waals surface area (Å²) in [6.07, 6.45) is 6.56. The summed E-state index contributed by atoms with van der Waals surface area (Å²) < 4.78 is 27.3. The lowest BCUT2D eigenvalue weighted by atomic mass is 9.83. The molecule has 2 aliphatic rings. The highest BCUT2D eigenvalue weighted by Gasteiger charge is 2.46. The van der Waals surface area contributed by atoms with Crippen molar-refractivity contribution in [2.45, 2.75) is 50.3 Å². The molecule has 7 heteroatoms. The molecular weight excluding hydrogens is 310 g/mol. The first-order valence-corrected chi connectivity index (χ1v) is 9.72. The molecule has 2 saturated carbocycles. The number of hydrogen-bond acceptors (Lipinski definition) is 4. The van der Waals surface area contributed by atoms with Crippen LogP contribution < -0.4 is 4.72 Å². The Morgan fingerprint density at radius 3 is 2.86 bits per heavy atom. The highest BCUT2D eigenvalue weighted by molar-refractivity contribution is 7.88. The van der Waals surface area contributed by atoms with Gasteiger partial charge in [-0.05, 0) is 54.5 Å². The van der Waals surface area contributed by atoms with Gasteiger partial charge in [-0.1, -0.05) is 6.42 Å². The lowest BCUT2D eigenvalue weighted by Crippen LogP contribution is -2.39. The molecular formula is C14H19NO4S2. The number of carbonyl (C=O) groups is 1. The second-order valence-corrected chi connectivity index (χ2v) is 8.92. The topological polar surface area (TPSA) is 83.5 Å². The van der Waals surface area contributed by atoms with Crippen molar-refractivity contribution in [3.63, 3.8) is 0 Å². The van der Waals surface area contributed by atoms with Gasteiger partial charge < -0.3 is 5.11 Å². The summed E-state index contributed by atoms with van der Waals surface area (Å²) in [5, 5.41) is 10.7. The van der Waals surface area contributed by atoms with E-state index in [1.54, 1.807) is 11.4 Å². The Kier molecular flexibility index (Phi) is 3.83. The second kappa shape index (κ2) is 5.37. The van der Waals surface area contributed by atoms with Gasteiger partial charge in [-0.3, -0.25) is 0 Å². The first-order valence-electron chi connectivity index (χ1n) is 7.19. The molecule has 0 saturated heterocycles. The fourth-order valence-electron chi connectivity index (χ4n) is 3.32. The van der Waals surface area contributed by atoms with Crippen LogP contribution >= 0.6 is 11.3 Å². The Labute approximate surface area is 128 Å². The van der Waals surface area contributed by atoms with Gasteiger partial charge in [-0.2, -0.15) is 0 Å². The van der Waals surface area contributed by atoms with Crippen LogP contribution in [0.4, 0.5) is 0 Å². The molecule has 1 aromatic rings. The Morgan fingerprint density at radius 2 is 2.19 bits per heavy atom. The van der Waals surface area contributed by atoms with Gasteiger partial charge in [0.15, 0.2) is 0 Å². The summed E-state index contributed by atoms with van der Waals surface area (Å²) in [4.78, 5) is 11.2. The monoisotopic (exact) mass is 329 g/mol. The number of sulfonamides is 1. The zero-order valence-electron chi connectivity index (χ0n) is 11.7. The van der Waals surface area contributed by atoms with E-state index in [0.717, 1.165) is 30.6 Å². The molecule has 21 heavy (non-hydrogen) atoms. The average molecular weight is 329 g/mol. The molecule has 5 nitrogen and oxygen atoms in total. The third-order valence-electron chi connectivity index (χ3n) is 4.53. The van der Waals surface area contributed by atoms with Crippen molar-refractivity contribution in [3.8, 4) is 0 Å². The Bertz CT molecular complexity index is 646. The van der Waals surface area contributed by atoms with E-state index in [4.69, 9.17) is 5.11 Å². The van der Waals surface area contributed by atoms with Gasteiger partial charge in [0.05, 0.1) is 5.75 Å². The first-order chi connectivity index (χ1) is 9.89. The lowest BCUT2D eigenvalue weighted by Gasteiger charge is -2.29. The highest BCUT2D eigenvalue weighted by atomic mass is 32.2. The van der Waals surface area contributed by atoms with Crippen LogP contribution in [0.25, 0.3) is 0 Å². The second-order valence-electron chi connectivity index (χ2n) is 6.25. The summed E-state index contributed by atoms with van der Waals surface area (Å²) in [6.45, 7) is 0. The molecule has 1 aromatic heterocycles. The maximum absolute atomic E-state index is 12.3. The van der Waals surface area contributed by atoms with E-state index in [1.165, 1.54) is 19.3 Å². The molecule has 0 aromatic carbocycles. The van der Waals surface area contributed by atoms with Crippen molar-refractivity contribution in [2.24, 2.45) is 5.41 Å². The Balaban J connectivity index is 1.66. The van der Waals surface area contributed by atoms with Crippen LogP contribution in [0, 0.1) is 5.41 Å². The number of thiophene rings is 1. The fraction of sp³-hybridized carbons (Fsp3) is 0.643. The van der Waals surface area contributed by atoms with E-state index in [1.807, 2.05) is 0 Å². The van der Waals surface area contributed by atoms with Crippen molar-refractivity contribution in [1.29, 1.82) is 0 Å². The van der Waals surface area contributed by atoms with Crippen molar-refractivity contribution in [1.82, 2.24) is 4.72 Å². The molecule has 0 aliphatic heterocycles. The molecule has 0 radical (unpaired) electrons. The SMILES string of the molecule is O=C(O)c1sccc1CS(=O)(=O)NC1CCCC2(CC2)C1. The van der Waals surface area contributed by atoms with Crippen LogP contribution in [0.3, 0.4) is 0 Å². The van der Waals surface area contributed by atoms with E-state index >= 15 is 0 Å². The Hall–Kier alpha value is -0.920. The van der Waals surface area contributed by atoms with Crippen LogP contribution in [0.1, 0.15) is 53.8 Å². The predicted molar refractivity (Wildman–Crippen MR) is 81.0 cm³/mol. The van der Waals surface area contributed by atoms with Gasteiger partial charge >= 0.3 is 5.97 Å². The van der Waals surface area contributed by atoms with Crippen LogP contribution in [-0.2, 0) is 15.8 Å². The van der Waals surface area contributed by atoms with Crippen LogP contribution in [0.2, 0.25) is 0 Å². The zero-order chi connectivity index (χ0) is 15.1. The largest absolute Gasteiger partial charge is 0.477 e. The maximum atomic E-state index is 12.3. The Morgan fingerprint density at radius 1 is 1.43 bits per heavy atom. The number of nitrogens with one attached hydrogen (secondary N) is 1. The summed E-state index contributed by atoms with van der Waals surface area (Å²) in [7, 11) is -3.49. The van der Waals surface area contributed by atoms with Crippen LogP contribution in [0.5, 0.6) is 0 Å². The van der Waals surface area contributed by atoms with Gasteiger partial charge in [-0.25, -0.2) is 17.9 Å². The summed E-state index contributed by atoms with van der Waals surface area (Å²) >= 11 is 1.06. The molecule has 1 unspecified atom stereocenters. The number of aromatic carboxylic acids is 1. The fourth-order valence-corrected chi connectivity index (χ4v) is 5.61. The summed E-state index contributed by atoms with van der Waals surface area (Å²) in [5.74, 6) is -1.31. The summed E-state index contributed by atoms with van der Waals surface area (Å²) in [6, 6.07) is 1.59. The van der Waals surface area contributed by atoms with Crippen molar-refractivity contribution in [2.75, 3.05) is 0 Å². The van der Waals surface area contributed by atoms with E-state index in [-0.39, 0.29) is 16.7 Å². The van der Waals surface area contributed by atoms with Gasteiger partial charge in [0.2, 0.25) is 10.0 Å². The number of hydrogen-bond donors (Lipinski definition) is 2. The van der Waals surface area contributed by atoms with Crippen molar-refractivity contribution < 1.29 is 18.3 Å². The number of carboxylic acid groups (broad SMARTS) is 1. The zero-order valence-corrected chi connectivity index (χ0v) is 13.3. The quantitative estimate of drug-likeness (QED) is 0.870. The van der Waals surface area contributed by atoms with Gasteiger partial charge in [-0.15, -0.1) is 11.3 Å². The predicted octanol–water partition coefficient (Wildman–Crippen LogP) is 2.59. The van der Waals surface area contributed by atoms with E-state index in [9.17, 15) is 13.2 Å². The van der Waals surface area contributed by atoms with E-state index in [0.29, 0.717) is 11.0 Å². The molecule has 1 spiro atoms. The van der Waals surface area contributed by atoms with E-state index in [2.05, 4.69) is 4.72 Å². The van der Waals surface area contributed by atoms with Crippen molar-refractivity contribution in [3.05, 3.63) is 21.9 Å². The summed E-state index contributed by atoms with van der Waals surface area (Å²) in [5.41, 5.74) is 0.775. The normalized spacial score (nSPS) is 24.1. The van der Waals surface area contributed by atoms with Gasteiger partial charge in [0, 0.05) is 6.04 Å². The molecule has 3 rings (SSSR count). The molecule has 0 bridgehead atoms. The van der Waals surface area contributed by atoms with Gasteiger partial charge in [0.25, 0.3) is 0 Å². The molecule has 1 heterocycles. The third-order valence-corrected chi connectivity index (χ3v) is 6.86. The number of rotatable bonds is 5. The van der Waals surface area contributed by atoms with Gasteiger partial charge in [0.1, 0.15) is 4.88 Å². The molecule has 2 N–H and O–H groups in total. The molecule has 2 aliphatic carbocycles. The highest BCUT2D eigenvalue weighted by Crippen LogP contribution is 2.56. The minimum absolute atomic E-state index is 0.0122. The maximum Gasteiger partial charge on any atom is 0.346 e. The molecule has 1 atom stereocenters. The van der Waals surface area contributed by atoms with Crippen molar-refractivity contribution >= 4 is 27.3 Å². The smallest absolute Gasteiger partial charge is 0.346 e. The minimum atomic E-state index is -3.49.